The van der Waals surface area contributed by atoms with E-state index in [0.717, 1.165) is 0 Å². The Hall–Kier alpha value is -1.44. The third-order valence-electron chi connectivity index (χ3n) is 3.57. The van der Waals surface area contributed by atoms with E-state index in [1.807, 2.05) is 0 Å². The van der Waals surface area contributed by atoms with Crippen molar-refractivity contribution in [2.75, 3.05) is 6.26 Å². The topological polar surface area (TPSA) is 76.5 Å². The van der Waals surface area contributed by atoms with Crippen molar-refractivity contribution in [1.82, 2.24) is 4.98 Å². The number of hydrogen-bond acceptors (Lipinski definition) is 5. The highest BCUT2D eigenvalue weighted by atomic mass is 79.9. The molecule has 0 spiro atoms. The van der Waals surface area contributed by atoms with Crippen molar-refractivity contribution in [1.29, 1.82) is 0 Å². The van der Waals surface area contributed by atoms with Crippen LogP contribution >= 0.6 is 15.9 Å². The molecule has 130 valence electrons. The number of benzene rings is 1. The van der Waals surface area contributed by atoms with Crippen molar-refractivity contribution in [3.05, 3.63) is 45.6 Å². The maximum absolute atomic E-state index is 11.7. The first-order valence-electron chi connectivity index (χ1n) is 7.27. The van der Waals surface area contributed by atoms with E-state index in [-0.39, 0.29) is 4.90 Å². The van der Waals surface area contributed by atoms with Crippen molar-refractivity contribution in [3.63, 3.8) is 0 Å². The quantitative estimate of drug-likeness (QED) is 0.822. The summed E-state index contributed by atoms with van der Waals surface area (Å²) in [5, 5.41) is 10.0. The molecule has 0 saturated heterocycles. The van der Waals surface area contributed by atoms with Gasteiger partial charge in [0.1, 0.15) is 5.75 Å². The molecular weight excluding hydrogens is 394 g/mol. The Labute approximate surface area is 150 Å². The zero-order valence-electron chi connectivity index (χ0n) is 14.2. The number of hydrogen-bond donors (Lipinski definition) is 1. The van der Waals surface area contributed by atoms with Crippen LogP contribution in [0.25, 0.3) is 0 Å². The number of aliphatic hydroxyl groups is 1. The molecule has 5 nitrogen and oxygen atoms in total. The van der Waals surface area contributed by atoms with Gasteiger partial charge >= 0.3 is 0 Å². The van der Waals surface area contributed by atoms with Crippen molar-refractivity contribution in [2.45, 2.75) is 38.2 Å². The van der Waals surface area contributed by atoms with Gasteiger partial charge in [0.05, 0.1) is 15.0 Å². The molecular formula is C17H20BrNO4S. The van der Waals surface area contributed by atoms with Crippen LogP contribution in [0.5, 0.6) is 11.6 Å². The molecule has 1 heterocycles. The van der Waals surface area contributed by atoms with Crippen molar-refractivity contribution >= 4 is 25.8 Å². The van der Waals surface area contributed by atoms with Gasteiger partial charge in [-0.05, 0) is 73.0 Å². The molecule has 2 rings (SSSR count). The van der Waals surface area contributed by atoms with Gasteiger partial charge in [-0.25, -0.2) is 13.4 Å². The van der Waals surface area contributed by atoms with E-state index in [2.05, 4.69) is 20.9 Å². The van der Waals surface area contributed by atoms with Gasteiger partial charge in [-0.1, -0.05) is 0 Å². The average molecular weight is 414 g/mol. The van der Waals surface area contributed by atoms with E-state index in [1.165, 1.54) is 6.26 Å². The van der Waals surface area contributed by atoms with Crippen LogP contribution in [0.15, 0.2) is 33.8 Å². The third-order valence-corrected chi connectivity index (χ3v) is 5.23. The molecule has 7 heteroatoms. The second-order valence-corrected chi connectivity index (χ2v) is 9.20. The summed E-state index contributed by atoms with van der Waals surface area (Å²) >= 11 is 3.40. The monoisotopic (exact) mass is 413 g/mol. The molecule has 0 unspecified atom stereocenters. The van der Waals surface area contributed by atoms with Crippen LogP contribution in [-0.4, -0.2) is 24.8 Å². The summed E-state index contributed by atoms with van der Waals surface area (Å²) in [6.45, 7) is 6.93. The first-order valence-corrected chi connectivity index (χ1v) is 9.95. The number of aromatic nitrogens is 1. The third kappa shape index (κ3) is 4.15. The fourth-order valence-corrected chi connectivity index (χ4v) is 3.43. The number of pyridine rings is 1. The lowest BCUT2D eigenvalue weighted by atomic mass is 10.0. The summed E-state index contributed by atoms with van der Waals surface area (Å²) in [6, 6.07) is 4.91. The van der Waals surface area contributed by atoms with Crippen LogP contribution in [0.1, 0.15) is 30.5 Å². The predicted molar refractivity (Wildman–Crippen MR) is 96.3 cm³/mol. The van der Waals surface area contributed by atoms with Crippen LogP contribution in [-0.2, 0) is 15.4 Å². The summed E-state index contributed by atoms with van der Waals surface area (Å²) < 4.78 is 29.9. The minimum atomic E-state index is -3.28. The summed E-state index contributed by atoms with van der Waals surface area (Å²) in [7, 11) is -3.28. The maximum atomic E-state index is 11.7. The normalized spacial score (nSPS) is 12.3. The maximum Gasteiger partial charge on any atom is 0.233 e. The lowest BCUT2D eigenvalue weighted by molar-refractivity contribution is 0.0781. The number of aryl methyl sites for hydroxylation is 2. The van der Waals surface area contributed by atoms with Crippen LogP contribution in [0, 0.1) is 13.8 Å². The molecule has 1 aromatic carbocycles. The standard InChI is InChI=1S/C17H20BrNO4S/c1-10-6-13(24(5,21)22)7-11(2)15(10)23-16-14(18)8-12(9-19-16)17(3,4)20/h6-9,20H,1-5H3. The average Bonchev–Trinajstić information content (AvgIpc) is 2.41. The zero-order valence-corrected chi connectivity index (χ0v) is 16.6. The Bertz CT molecular complexity index is 863. The first kappa shape index (κ1) is 18.9. The fraction of sp³-hybridized carbons (Fsp3) is 0.353. The second-order valence-electron chi connectivity index (χ2n) is 6.33. The smallest absolute Gasteiger partial charge is 0.233 e. The van der Waals surface area contributed by atoms with Gasteiger partial charge in [-0.2, -0.15) is 0 Å². The lowest BCUT2D eigenvalue weighted by Gasteiger charge is -2.19. The summed E-state index contributed by atoms with van der Waals surface area (Å²) in [4.78, 5) is 4.50. The number of sulfone groups is 1. The van der Waals surface area contributed by atoms with Crippen molar-refractivity contribution in [3.8, 4) is 11.6 Å². The summed E-state index contributed by atoms with van der Waals surface area (Å²) in [6.07, 6.45) is 2.73. The Kier molecular flexibility index (Phi) is 5.09. The van der Waals surface area contributed by atoms with Gasteiger partial charge < -0.3 is 9.84 Å². The molecule has 0 fully saturated rings. The number of rotatable bonds is 4. The van der Waals surface area contributed by atoms with Crippen LogP contribution in [0.3, 0.4) is 0 Å². The molecule has 1 aromatic heterocycles. The molecule has 2 aromatic rings. The minimum Gasteiger partial charge on any atom is -0.437 e. The highest BCUT2D eigenvalue weighted by molar-refractivity contribution is 9.10. The van der Waals surface area contributed by atoms with Crippen LogP contribution in [0.2, 0.25) is 0 Å². The molecule has 0 aliphatic carbocycles. The van der Waals surface area contributed by atoms with E-state index < -0.39 is 15.4 Å². The largest absolute Gasteiger partial charge is 0.437 e. The Morgan fingerprint density at radius 1 is 1.17 bits per heavy atom. The van der Waals surface area contributed by atoms with Gasteiger partial charge in [0, 0.05) is 18.0 Å². The number of nitrogens with zero attached hydrogens (tertiary/aromatic N) is 1. The Balaban J connectivity index is 2.42. The Morgan fingerprint density at radius 3 is 2.12 bits per heavy atom. The molecule has 0 aliphatic rings. The molecule has 1 N–H and O–H groups in total. The molecule has 0 bridgehead atoms. The molecule has 0 atom stereocenters. The number of ether oxygens (including phenoxy) is 1. The lowest BCUT2D eigenvalue weighted by Crippen LogP contribution is -2.15. The van der Waals surface area contributed by atoms with Crippen LogP contribution in [0.4, 0.5) is 0 Å². The van der Waals surface area contributed by atoms with E-state index in [9.17, 15) is 13.5 Å². The van der Waals surface area contributed by atoms with Gasteiger partial charge in [-0.15, -0.1) is 0 Å². The SMILES string of the molecule is Cc1cc(S(C)(=O)=O)cc(C)c1Oc1ncc(C(C)(C)O)cc1Br. The first-order chi connectivity index (χ1) is 10.9. The predicted octanol–water partition coefficient (Wildman–Crippen LogP) is 3.88. The molecule has 24 heavy (non-hydrogen) atoms. The van der Waals surface area contributed by atoms with E-state index >= 15 is 0 Å². The van der Waals surface area contributed by atoms with E-state index in [0.29, 0.717) is 32.8 Å². The zero-order chi connectivity index (χ0) is 18.3. The number of halogens is 1. The van der Waals surface area contributed by atoms with Gasteiger partial charge in [0.2, 0.25) is 5.88 Å². The Morgan fingerprint density at radius 2 is 1.71 bits per heavy atom. The molecule has 0 amide bonds. The van der Waals surface area contributed by atoms with Gasteiger partial charge in [0.15, 0.2) is 9.84 Å². The second kappa shape index (κ2) is 6.46. The highest BCUT2D eigenvalue weighted by Gasteiger charge is 2.19. The summed E-state index contributed by atoms with van der Waals surface area (Å²) in [5.74, 6) is 0.910. The molecule has 0 saturated carbocycles. The minimum absolute atomic E-state index is 0.259. The molecule has 0 aliphatic heterocycles. The van der Waals surface area contributed by atoms with E-state index in [4.69, 9.17) is 4.74 Å². The molecule has 0 radical (unpaired) electrons. The van der Waals surface area contributed by atoms with Gasteiger partial charge in [-0.3, -0.25) is 0 Å². The summed E-state index contributed by atoms with van der Waals surface area (Å²) in [5.41, 5.74) is 1.06. The van der Waals surface area contributed by atoms with Crippen molar-refractivity contribution < 1.29 is 18.3 Å². The van der Waals surface area contributed by atoms with Gasteiger partial charge in [0.25, 0.3) is 0 Å². The fourth-order valence-electron chi connectivity index (χ4n) is 2.22. The van der Waals surface area contributed by atoms with E-state index in [1.54, 1.807) is 52.1 Å². The van der Waals surface area contributed by atoms with Crippen LogP contribution < -0.4 is 4.74 Å². The highest BCUT2D eigenvalue weighted by Crippen LogP contribution is 2.35. The van der Waals surface area contributed by atoms with Crippen molar-refractivity contribution in [2.24, 2.45) is 0 Å².